The van der Waals surface area contributed by atoms with Gasteiger partial charge in [-0.3, -0.25) is 37.1 Å². The number of nitrogens with zero attached hydrogens (tertiary/aromatic N) is 7. The van der Waals surface area contributed by atoms with Crippen LogP contribution in [0.15, 0.2) is 54.4 Å². The van der Waals surface area contributed by atoms with E-state index in [1.165, 1.54) is 10.9 Å². The molecule has 0 radical (unpaired) electrons. The minimum Gasteiger partial charge on any atom is -0.382 e. The van der Waals surface area contributed by atoms with E-state index in [1.807, 2.05) is 0 Å². The molecular formula is C39H50F2N14O12P2S2. The smallest absolute Gasteiger partial charge is 0.382 e. The number of nitrogens with two attached hydrogens (primary N) is 3. The molecule has 11 N–H and O–H groups in total. The maximum atomic E-state index is 16.9. The summed E-state index contributed by atoms with van der Waals surface area (Å²) in [5.74, 6) is -1.35. The Balaban J connectivity index is 1.03. The molecule has 0 saturated carbocycles. The number of carbonyl (C=O) groups excluding carboxylic acids is 3. The van der Waals surface area contributed by atoms with E-state index < -0.39 is 111 Å². The monoisotopic (exact) mass is 1070 g/mol. The molecular weight excluding hydrogens is 1020 g/mol. The Labute approximate surface area is 410 Å². The third kappa shape index (κ3) is 11.9. The zero-order valence-electron chi connectivity index (χ0n) is 37.7. The molecule has 3 fully saturated rings. The number of anilines is 2. The van der Waals surface area contributed by atoms with Gasteiger partial charge in [-0.2, -0.15) is 0 Å². The average Bonchev–Trinajstić information content (AvgIpc) is 4.10. The second-order valence-electron chi connectivity index (χ2n) is 16.9. The molecule has 4 aromatic heterocycles. The highest BCUT2D eigenvalue weighted by Gasteiger charge is 2.55. The third-order valence-corrected chi connectivity index (χ3v) is 16.8. The number of urea groups is 1. The van der Waals surface area contributed by atoms with Crippen molar-refractivity contribution in [2.75, 3.05) is 30.8 Å². The van der Waals surface area contributed by atoms with Gasteiger partial charge in [-0.25, -0.2) is 43.1 Å². The van der Waals surface area contributed by atoms with Gasteiger partial charge in [-0.05, 0) is 66.1 Å². The van der Waals surface area contributed by atoms with Gasteiger partial charge in [0.05, 0.1) is 38.2 Å². The fourth-order valence-electron chi connectivity index (χ4n) is 7.82. The molecule has 4 amide bonds. The number of nitrogens with one attached hydrogen (secondary N) is 4. The van der Waals surface area contributed by atoms with Crippen LogP contribution in [-0.2, 0) is 59.3 Å². The van der Waals surface area contributed by atoms with Crippen LogP contribution in [-0.4, -0.2) is 130 Å². The lowest BCUT2D eigenvalue weighted by atomic mass is 10.0. The quantitative estimate of drug-likeness (QED) is 0.0551. The van der Waals surface area contributed by atoms with Crippen molar-refractivity contribution in [3.05, 3.63) is 65.5 Å². The number of primary amides is 1. The number of amides is 4. The first-order chi connectivity index (χ1) is 33.8. The minimum atomic E-state index is -4.62. The number of hydrogen-bond donors (Lipinski definition) is 8. The van der Waals surface area contributed by atoms with Gasteiger partial charge in [-0.1, -0.05) is 26.0 Å². The minimum absolute atomic E-state index is 0.00990. The summed E-state index contributed by atoms with van der Waals surface area (Å²) in [6.07, 6.45) is -8.13. The predicted molar refractivity (Wildman–Crippen MR) is 254 cm³/mol. The van der Waals surface area contributed by atoms with Crippen molar-refractivity contribution in [1.82, 2.24) is 49.7 Å². The Bertz CT molecular complexity index is 2900. The fraction of sp³-hybridized carbons (Fsp3) is 0.513. The highest BCUT2D eigenvalue weighted by atomic mass is 32.7. The third-order valence-electron chi connectivity index (χ3n) is 11.6. The molecule has 5 aromatic rings. The standard InChI is InChI=1S/C39H50F2N14O12P2S2/c1-18(2)26(42)35(57)53-21(5-3-4-10-45-39(44)59)34(56)52-20-8-6-19(7-9-20)13-71-69(61)63-12-23-29(24(40)37(65-23)54-16-50-27-31(43)46-14-47-32(27)54)66-68(60,70)62-11-22-30(67-69)25(41)38(64-22)55-17-51-28-33(55)48-15-49-36(28)58/h6-9,14-18,21-26,29-30,37-38H,3-5,10-13,42H2,1-2H3,(H,52,56)(H,53,57)(H,60,70)(H2,43,46,47)(H3,44,45,59)(H,48,49,58)/t21-,22+,23+,24+,25+,26-,29+,30+,37+,38+,68?,69?/m0/s1. The lowest BCUT2D eigenvalue weighted by Gasteiger charge is -2.30. The molecule has 8 rings (SSSR count). The Kier molecular flexibility index (Phi) is 16.1. The highest BCUT2D eigenvalue weighted by Crippen LogP contribution is 2.65. The van der Waals surface area contributed by atoms with E-state index in [-0.39, 0.29) is 52.8 Å². The van der Waals surface area contributed by atoms with Gasteiger partial charge >= 0.3 is 19.5 Å². The number of ether oxygens (including phenoxy) is 2. The number of aromatic nitrogens is 8. The number of halogens is 2. The van der Waals surface area contributed by atoms with E-state index >= 15 is 13.3 Å². The van der Waals surface area contributed by atoms with Gasteiger partial charge in [0.15, 0.2) is 47.4 Å². The molecule has 0 aliphatic carbocycles. The van der Waals surface area contributed by atoms with Crippen LogP contribution in [0.4, 0.5) is 25.1 Å². The van der Waals surface area contributed by atoms with Gasteiger partial charge in [-0.15, -0.1) is 0 Å². The van der Waals surface area contributed by atoms with Gasteiger partial charge in [0.2, 0.25) is 11.8 Å². The van der Waals surface area contributed by atoms with Crippen molar-refractivity contribution in [3.63, 3.8) is 0 Å². The van der Waals surface area contributed by atoms with Crippen LogP contribution in [0.1, 0.15) is 51.1 Å². The predicted octanol–water partition coefficient (Wildman–Crippen LogP) is 2.33. The van der Waals surface area contributed by atoms with Crippen molar-refractivity contribution < 1.29 is 60.2 Å². The first-order valence-corrected chi connectivity index (χ1v) is 27.7. The molecule has 3 aliphatic rings. The molecule has 71 heavy (non-hydrogen) atoms. The molecule has 26 nitrogen and oxygen atoms in total. The van der Waals surface area contributed by atoms with Crippen LogP contribution in [0.3, 0.4) is 0 Å². The lowest BCUT2D eigenvalue weighted by molar-refractivity contribution is -0.128. The summed E-state index contributed by atoms with van der Waals surface area (Å²) in [6, 6.07) is 3.78. The number of fused-ring (bicyclic) bond motifs is 4. The fourth-order valence-corrected chi connectivity index (χ4v) is 12.6. The van der Waals surface area contributed by atoms with Crippen molar-refractivity contribution in [2.45, 2.75) is 100 Å². The second kappa shape index (κ2) is 21.9. The number of H-pyrrole nitrogens is 1. The number of carbonyl (C=O) groups is 3. The number of benzene rings is 1. The molecule has 7 heterocycles. The second-order valence-corrected chi connectivity index (χ2v) is 23.7. The number of alkyl halides is 2. The number of hydrogen-bond acceptors (Lipinski definition) is 20. The van der Waals surface area contributed by atoms with Crippen LogP contribution in [0.25, 0.3) is 22.3 Å². The van der Waals surface area contributed by atoms with Gasteiger partial charge in [0, 0.05) is 18.0 Å². The number of imidazole rings is 2. The Morgan fingerprint density at radius 2 is 1.56 bits per heavy atom. The maximum Gasteiger partial charge on any atom is 0.389 e. The Morgan fingerprint density at radius 1 is 0.930 bits per heavy atom. The Morgan fingerprint density at radius 3 is 2.23 bits per heavy atom. The van der Waals surface area contributed by atoms with E-state index in [0.29, 0.717) is 35.5 Å². The van der Waals surface area contributed by atoms with E-state index in [2.05, 4.69) is 45.9 Å². The molecule has 0 bridgehead atoms. The molecule has 3 saturated heterocycles. The van der Waals surface area contributed by atoms with Crippen LogP contribution in [0.5, 0.6) is 0 Å². The molecule has 32 heteroatoms. The molecule has 2 unspecified atom stereocenters. The van der Waals surface area contributed by atoms with E-state index in [0.717, 1.165) is 23.5 Å². The van der Waals surface area contributed by atoms with E-state index in [1.54, 1.807) is 38.1 Å². The molecule has 12 atom stereocenters. The summed E-state index contributed by atoms with van der Waals surface area (Å²) in [5.41, 5.74) is 17.4. The SMILES string of the molecule is CC(C)[C@H](N)C(=O)N[C@@H](CCCCNC(N)=O)C(=O)Nc1ccc(CSP2(=O)OC[C@H]3O[C@@H](n4cnc5c(N)ncnc54)[C@H](F)[C@@H]3OP(O)(=S)OC[C@H]3O[C@@H](n4cnc5c(=O)[nH]cnc54)[C@H](F)[C@@H]3O2)cc1. The normalized spacial score (nSPS) is 28.9. The van der Waals surface area contributed by atoms with Crippen LogP contribution < -0.4 is 38.7 Å². The zero-order valence-corrected chi connectivity index (χ0v) is 41.1. The molecule has 0 spiro atoms. The summed E-state index contributed by atoms with van der Waals surface area (Å²) >= 11 is 5.93. The summed E-state index contributed by atoms with van der Waals surface area (Å²) in [5, 5.41) is 7.97. The summed E-state index contributed by atoms with van der Waals surface area (Å²) in [4.78, 5) is 84.0. The van der Waals surface area contributed by atoms with Crippen molar-refractivity contribution in [3.8, 4) is 0 Å². The van der Waals surface area contributed by atoms with Crippen LogP contribution >= 0.6 is 24.9 Å². The van der Waals surface area contributed by atoms with Gasteiger partial charge in [0.25, 0.3) is 5.56 Å². The van der Waals surface area contributed by atoms with Crippen molar-refractivity contribution in [1.29, 1.82) is 0 Å². The number of unbranched alkanes of at least 4 members (excludes halogenated alkanes) is 1. The topological polar surface area (TPSA) is 365 Å². The van der Waals surface area contributed by atoms with Crippen molar-refractivity contribution in [2.24, 2.45) is 17.4 Å². The highest BCUT2D eigenvalue weighted by molar-refractivity contribution is 8.54. The Hall–Kier alpha value is -5.10. The van der Waals surface area contributed by atoms with E-state index in [9.17, 15) is 24.1 Å². The van der Waals surface area contributed by atoms with Gasteiger partial charge in [0.1, 0.15) is 42.3 Å². The largest absolute Gasteiger partial charge is 0.389 e. The molecule has 3 aliphatic heterocycles. The number of nitrogen functional groups attached to an aromatic ring is 1. The lowest BCUT2D eigenvalue weighted by Crippen LogP contribution is -2.51. The first kappa shape index (κ1) is 52.2. The van der Waals surface area contributed by atoms with Gasteiger partial charge < -0.3 is 57.0 Å². The molecule has 384 valence electrons. The summed E-state index contributed by atoms with van der Waals surface area (Å²) in [6.45, 7) is -6.68. The summed E-state index contributed by atoms with van der Waals surface area (Å²) in [7, 11) is 0. The zero-order chi connectivity index (χ0) is 50.8. The first-order valence-electron chi connectivity index (χ1n) is 22.0. The molecule has 1 aromatic carbocycles. The number of aromatic amines is 1. The van der Waals surface area contributed by atoms with E-state index in [4.69, 9.17) is 56.6 Å². The number of rotatable bonds is 15. The maximum absolute atomic E-state index is 16.9. The van der Waals surface area contributed by atoms with Crippen LogP contribution in [0.2, 0.25) is 0 Å². The summed E-state index contributed by atoms with van der Waals surface area (Å²) < 4.78 is 86.6. The van der Waals surface area contributed by atoms with Crippen LogP contribution in [0, 0.1) is 5.92 Å². The van der Waals surface area contributed by atoms with Crippen molar-refractivity contribution >= 4 is 88.4 Å². The average molecular weight is 1070 g/mol.